The molecule has 2 heterocycles. The number of nitrogens with one attached hydrogen (secondary N) is 1. The summed E-state index contributed by atoms with van der Waals surface area (Å²) in [7, 11) is 4.51. The molecule has 142 valence electrons. The molecule has 0 radical (unpaired) electrons. The lowest BCUT2D eigenvalue weighted by molar-refractivity contribution is 0.0952. The average molecular weight is 389 g/mol. The molecule has 0 aliphatic heterocycles. The van der Waals surface area contributed by atoms with E-state index in [1.54, 1.807) is 12.1 Å². The standard InChI is InChI=1S/C18H19N3O5S/c1-23-12-9-11(10-13(24-2)16(12)25-3)18(22)19-7-6-15-20-17(21-26-15)14-5-4-8-27-14/h4-5,8-10H,6-7H2,1-3H3,(H,19,22). The summed E-state index contributed by atoms with van der Waals surface area (Å²) in [5.41, 5.74) is 0.398. The number of carbonyl (C=O) groups is 1. The van der Waals surface area contributed by atoms with E-state index in [9.17, 15) is 4.79 Å². The van der Waals surface area contributed by atoms with E-state index < -0.39 is 0 Å². The summed E-state index contributed by atoms with van der Waals surface area (Å²) < 4.78 is 21.0. The zero-order valence-electron chi connectivity index (χ0n) is 15.1. The molecular formula is C18H19N3O5S. The summed E-state index contributed by atoms with van der Waals surface area (Å²) in [4.78, 5) is 17.7. The van der Waals surface area contributed by atoms with E-state index in [2.05, 4.69) is 15.5 Å². The van der Waals surface area contributed by atoms with E-state index in [-0.39, 0.29) is 5.91 Å². The minimum atomic E-state index is -0.271. The second kappa shape index (κ2) is 8.54. The first-order valence-corrected chi connectivity index (χ1v) is 8.99. The lowest BCUT2D eigenvalue weighted by Gasteiger charge is -2.14. The first kappa shape index (κ1) is 18.7. The molecule has 0 fully saturated rings. The first-order chi connectivity index (χ1) is 13.2. The smallest absolute Gasteiger partial charge is 0.251 e. The number of carbonyl (C=O) groups excluding carboxylic acids is 1. The minimum absolute atomic E-state index is 0.271. The van der Waals surface area contributed by atoms with Gasteiger partial charge in [-0.3, -0.25) is 4.79 Å². The van der Waals surface area contributed by atoms with E-state index in [0.717, 1.165) is 4.88 Å². The Bertz CT molecular complexity index is 883. The number of aromatic nitrogens is 2. The number of rotatable bonds is 8. The van der Waals surface area contributed by atoms with Crippen LogP contribution in [0.25, 0.3) is 10.7 Å². The summed E-state index contributed by atoms with van der Waals surface area (Å²) in [6, 6.07) is 7.04. The predicted molar refractivity (Wildman–Crippen MR) is 99.7 cm³/mol. The quantitative estimate of drug-likeness (QED) is 0.633. The SMILES string of the molecule is COc1cc(C(=O)NCCc2nc(-c3cccs3)no2)cc(OC)c1OC. The van der Waals surface area contributed by atoms with Gasteiger partial charge in [-0.1, -0.05) is 11.2 Å². The van der Waals surface area contributed by atoms with E-state index in [1.807, 2.05) is 17.5 Å². The maximum absolute atomic E-state index is 12.4. The Hall–Kier alpha value is -3.07. The Kier molecular flexibility index (Phi) is 5.92. The number of thiophene rings is 1. The molecule has 0 saturated carbocycles. The van der Waals surface area contributed by atoms with E-state index >= 15 is 0 Å². The molecule has 27 heavy (non-hydrogen) atoms. The van der Waals surface area contributed by atoms with Gasteiger partial charge in [-0.15, -0.1) is 11.3 Å². The molecular weight excluding hydrogens is 370 g/mol. The van der Waals surface area contributed by atoms with Crippen molar-refractivity contribution in [1.29, 1.82) is 0 Å². The maximum atomic E-state index is 12.4. The molecule has 0 bridgehead atoms. The maximum Gasteiger partial charge on any atom is 0.251 e. The van der Waals surface area contributed by atoms with Crippen LogP contribution in [0.1, 0.15) is 16.2 Å². The fourth-order valence-corrected chi connectivity index (χ4v) is 3.11. The molecule has 0 spiro atoms. The highest BCUT2D eigenvalue weighted by molar-refractivity contribution is 7.13. The molecule has 1 N–H and O–H groups in total. The highest BCUT2D eigenvalue weighted by atomic mass is 32.1. The van der Waals surface area contributed by atoms with Crippen LogP contribution in [-0.2, 0) is 6.42 Å². The number of benzene rings is 1. The molecule has 0 atom stereocenters. The fourth-order valence-electron chi connectivity index (χ4n) is 2.46. The average Bonchev–Trinajstić information content (AvgIpc) is 3.38. The Balaban J connectivity index is 1.62. The van der Waals surface area contributed by atoms with E-state index in [4.69, 9.17) is 18.7 Å². The van der Waals surface area contributed by atoms with Gasteiger partial charge in [-0.25, -0.2) is 0 Å². The highest BCUT2D eigenvalue weighted by Gasteiger charge is 2.17. The van der Waals surface area contributed by atoms with Crippen LogP contribution in [0.4, 0.5) is 0 Å². The fraction of sp³-hybridized carbons (Fsp3) is 0.278. The van der Waals surface area contributed by atoms with Gasteiger partial charge in [0, 0.05) is 18.5 Å². The zero-order valence-corrected chi connectivity index (χ0v) is 16.0. The Morgan fingerprint density at radius 3 is 2.52 bits per heavy atom. The largest absolute Gasteiger partial charge is 0.493 e. The third-order valence-corrected chi connectivity index (χ3v) is 4.63. The van der Waals surface area contributed by atoms with Crippen molar-refractivity contribution in [3.63, 3.8) is 0 Å². The molecule has 9 heteroatoms. The minimum Gasteiger partial charge on any atom is -0.493 e. The van der Waals surface area contributed by atoms with Gasteiger partial charge in [0.25, 0.3) is 5.91 Å². The lowest BCUT2D eigenvalue weighted by Crippen LogP contribution is -2.25. The van der Waals surface area contributed by atoms with Crippen LogP contribution in [0.15, 0.2) is 34.2 Å². The summed E-state index contributed by atoms with van der Waals surface area (Å²) in [5.74, 6) is 2.01. The van der Waals surface area contributed by atoms with Crippen molar-refractivity contribution in [2.75, 3.05) is 27.9 Å². The van der Waals surface area contributed by atoms with Crippen molar-refractivity contribution in [2.45, 2.75) is 6.42 Å². The van der Waals surface area contributed by atoms with Gasteiger partial charge in [0.15, 0.2) is 11.5 Å². The summed E-state index contributed by atoms with van der Waals surface area (Å²) >= 11 is 1.54. The molecule has 0 aliphatic rings. The van der Waals surface area contributed by atoms with Crippen molar-refractivity contribution in [3.05, 3.63) is 41.1 Å². The topological polar surface area (TPSA) is 95.7 Å². The molecule has 0 aliphatic carbocycles. The van der Waals surface area contributed by atoms with Gasteiger partial charge in [-0.2, -0.15) is 4.98 Å². The summed E-state index contributed by atoms with van der Waals surface area (Å²) in [6.45, 7) is 0.349. The number of ether oxygens (including phenoxy) is 3. The Morgan fingerprint density at radius 2 is 1.93 bits per heavy atom. The monoisotopic (exact) mass is 389 g/mol. The molecule has 8 nitrogen and oxygen atoms in total. The highest BCUT2D eigenvalue weighted by Crippen LogP contribution is 2.38. The summed E-state index contributed by atoms with van der Waals surface area (Å²) in [5, 5.41) is 8.71. The third kappa shape index (κ3) is 4.20. The molecule has 0 saturated heterocycles. The first-order valence-electron chi connectivity index (χ1n) is 8.11. The molecule has 1 amide bonds. The van der Waals surface area contributed by atoms with Crippen LogP contribution in [-0.4, -0.2) is 43.9 Å². The van der Waals surface area contributed by atoms with Crippen molar-refractivity contribution < 1.29 is 23.5 Å². The van der Waals surface area contributed by atoms with Crippen LogP contribution >= 0.6 is 11.3 Å². The second-order valence-electron chi connectivity index (χ2n) is 5.41. The van der Waals surface area contributed by atoms with Crippen molar-refractivity contribution in [1.82, 2.24) is 15.5 Å². The van der Waals surface area contributed by atoms with E-state index in [1.165, 1.54) is 32.7 Å². The molecule has 0 unspecified atom stereocenters. The van der Waals surface area contributed by atoms with Crippen molar-refractivity contribution in [2.24, 2.45) is 0 Å². The number of hydrogen-bond acceptors (Lipinski definition) is 8. The molecule has 1 aromatic carbocycles. The number of methoxy groups -OCH3 is 3. The normalized spacial score (nSPS) is 10.5. The van der Waals surface area contributed by atoms with Crippen molar-refractivity contribution >= 4 is 17.2 Å². The van der Waals surface area contributed by atoms with Crippen LogP contribution in [0.2, 0.25) is 0 Å². The van der Waals surface area contributed by atoms with Gasteiger partial charge in [0.1, 0.15) is 0 Å². The van der Waals surface area contributed by atoms with Crippen LogP contribution < -0.4 is 19.5 Å². The van der Waals surface area contributed by atoms with Gasteiger partial charge in [0.2, 0.25) is 17.5 Å². The molecule has 3 aromatic rings. The van der Waals surface area contributed by atoms with Gasteiger partial charge >= 0.3 is 0 Å². The molecule has 3 rings (SSSR count). The van der Waals surface area contributed by atoms with Gasteiger partial charge in [0.05, 0.1) is 26.2 Å². The van der Waals surface area contributed by atoms with Crippen LogP contribution in [0.5, 0.6) is 17.2 Å². The Morgan fingerprint density at radius 1 is 1.19 bits per heavy atom. The number of hydrogen-bond donors (Lipinski definition) is 1. The number of amides is 1. The van der Waals surface area contributed by atoms with Crippen molar-refractivity contribution in [3.8, 4) is 28.0 Å². The van der Waals surface area contributed by atoms with E-state index in [0.29, 0.717) is 47.5 Å². The summed E-state index contributed by atoms with van der Waals surface area (Å²) in [6.07, 6.45) is 0.425. The van der Waals surface area contributed by atoms with Gasteiger partial charge < -0.3 is 24.1 Å². The van der Waals surface area contributed by atoms with Crippen LogP contribution in [0.3, 0.4) is 0 Å². The zero-order chi connectivity index (χ0) is 19.2. The Labute approximate surface area is 160 Å². The van der Waals surface area contributed by atoms with Gasteiger partial charge in [-0.05, 0) is 23.6 Å². The predicted octanol–water partition coefficient (Wildman–Crippen LogP) is 2.80. The third-order valence-electron chi connectivity index (χ3n) is 3.76. The number of nitrogens with zero attached hydrogens (tertiary/aromatic N) is 2. The second-order valence-corrected chi connectivity index (χ2v) is 6.36. The van der Waals surface area contributed by atoms with Crippen LogP contribution in [0, 0.1) is 0 Å². The lowest BCUT2D eigenvalue weighted by atomic mass is 10.1. The molecule has 2 aromatic heterocycles.